The van der Waals surface area contributed by atoms with E-state index in [1.807, 2.05) is 4.90 Å². The summed E-state index contributed by atoms with van der Waals surface area (Å²) >= 11 is 0. The van der Waals surface area contributed by atoms with E-state index in [-0.39, 0.29) is 24.9 Å². The lowest BCUT2D eigenvalue weighted by atomic mass is 10.1. The highest BCUT2D eigenvalue weighted by Crippen LogP contribution is 2.13. The maximum absolute atomic E-state index is 12.1. The summed E-state index contributed by atoms with van der Waals surface area (Å²) in [5.41, 5.74) is 0. The molecule has 17 heavy (non-hydrogen) atoms. The number of piperazine rings is 1. The smallest absolute Gasteiger partial charge is 0.227 e. The second kappa shape index (κ2) is 7.16. The summed E-state index contributed by atoms with van der Waals surface area (Å²) in [7, 11) is 0. The Bertz CT molecular complexity index is 239. The van der Waals surface area contributed by atoms with Crippen LogP contribution in [0.25, 0.3) is 0 Å². The van der Waals surface area contributed by atoms with Crippen LogP contribution < -0.4 is 5.32 Å². The van der Waals surface area contributed by atoms with Gasteiger partial charge in [-0.05, 0) is 13.0 Å². The summed E-state index contributed by atoms with van der Waals surface area (Å²) in [5, 5.41) is 12.1. The fourth-order valence-electron chi connectivity index (χ4n) is 2.46. The molecule has 0 radical (unpaired) electrons. The van der Waals surface area contributed by atoms with Gasteiger partial charge < -0.3 is 15.3 Å². The first-order valence-electron chi connectivity index (χ1n) is 6.14. The predicted molar refractivity (Wildman–Crippen MR) is 68.3 cm³/mol. The Balaban J connectivity index is 0.00000144. The van der Waals surface area contributed by atoms with E-state index in [0.29, 0.717) is 5.91 Å². The zero-order valence-corrected chi connectivity index (χ0v) is 10.9. The van der Waals surface area contributed by atoms with Gasteiger partial charge in [0, 0.05) is 39.3 Å². The van der Waals surface area contributed by atoms with Crippen molar-refractivity contribution in [1.29, 1.82) is 0 Å². The number of carbonyl (C=O) groups excluding carboxylic acids is 1. The average Bonchev–Trinajstić information content (AvgIpc) is 2.83. The minimum absolute atomic E-state index is 0. The Kier molecular flexibility index (Phi) is 6.19. The summed E-state index contributed by atoms with van der Waals surface area (Å²) in [4.78, 5) is 16.3. The molecule has 2 aliphatic heterocycles. The van der Waals surface area contributed by atoms with Crippen molar-refractivity contribution in [3.63, 3.8) is 0 Å². The molecule has 100 valence electrons. The first-order valence-corrected chi connectivity index (χ1v) is 6.14. The molecule has 2 saturated heterocycles. The van der Waals surface area contributed by atoms with Crippen LogP contribution in [-0.2, 0) is 4.79 Å². The molecule has 2 N–H and O–H groups in total. The second-order valence-corrected chi connectivity index (χ2v) is 4.58. The Hall–Kier alpha value is -0.360. The molecule has 2 heterocycles. The first kappa shape index (κ1) is 14.7. The van der Waals surface area contributed by atoms with Crippen molar-refractivity contribution >= 4 is 18.3 Å². The van der Waals surface area contributed by atoms with Crippen molar-refractivity contribution < 1.29 is 9.90 Å². The number of aliphatic hydroxyl groups is 1. The van der Waals surface area contributed by atoms with Gasteiger partial charge >= 0.3 is 0 Å². The standard InChI is InChI=1S/C11H21N3O2.ClH/c15-8-7-13-3-5-14(6-4-13)11(16)10-1-2-12-9-10;/h10,12,15H,1-9H2;1H/t10-;/m1./s1. The molecule has 0 spiro atoms. The van der Waals surface area contributed by atoms with Crippen LogP contribution in [0.15, 0.2) is 0 Å². The summed E-state index contributed by atoms with van der Waals surface area (Å²) in [6, 6.07) is 0. The van der Waals surface area contributed by atoms with Gasteiger partial charge in [0.1, 0.15) is 0 Å². The molecule has 6 heteroatoms. The molecule has 1 amide bonds. The van der Waals surface area contributed by atoms with Gasteiger partial charge in [0.15, 0.2) is 0 Å². The number of nitrogens with one attached hydrogen (secondary N) is 1. The maximum Gasteiger partial charge on any atom is 0.227 e. The molecule has 2 fully saturated rings. The van der Waals surface area contributed by atoms with E-state index < -0.39 is 0 Å². The van der Waals surface area contributed by atoms with Crippen LogP contribution in [0.2, 0.25) is 0 Å². The third kappa shape index (κ3) is 3.81. The minimum Gasteiger partial charge on any atom is -0.395 e. The van der Waals surface area contributed by atoms with Gasteiger partial charge in [0.2, 0.25) is 5.91 Å². The zero-order valence-electron chi connectivity index (χ0n) is 10.1. The summed E-state index contributed by atoms with van der Waals surface area (Å²) in [5.74, 6) is 0.512. The highest BCUT2D eigenvalue weighted by Gasteiger charge is 2.28. The van der Waals surface area contributed by atoms with E-state index in [4.69, 9.17) is 5.11 Å². The van der Waals surface area contributed by atoms with E-state index in [0.717, 1.165) is 52.2 Å². The third-order valence-electron chi connectivity index (χ3n) is 3.51. The van der Waals surface area contributed by atoms with E-state index in [1.54, 1.807) is 0 Å². The highest BCUT2D eigenvalue weighted by atomic mass is 35.5. The van der Waals surface area contributed by atoms with Gasteiger partial charge in [-0.2, -0.15) is 0 Å². The lowest BCUT2D eigenvalue weighted by Crippen LogP contribution is -2.51. The average molecular weight is 264 g/mol. The molecule has 0 aromatic heterocycles. The monoisotopic (exact) mass is 263 g/mol. The van der Waals surface area contributed by atoms with Gasteiger partial charge in [0.25, 0.3) is 0 Å². The van der Waals surface area contributed by atoms with Crippen molar-refractivity contribution in [2.45, 2.75) is 6.42 Å². The van der Waals surface area contributed by atoms with Crippen LogP contribution in [0.3, 0.4) is 0 Å². The first-order chi connectivity index (χ1) is 7.81. The number of hydrogen-bond acceptors (Lipinski definition) is 4. The number of β-amino-alcohol motifs (C(OH)–C–C–N with tert-alkyl or cyclic N) is 1. The van der Waals surface area contributed by atoms with Crippen molar-refractivity contribution in [2.24, 2.45) is 5.92 Å². The Morgan fingerprint density at radius 1 is 1.29 bits per heavy atom. The summed E-state index contributed by atoms with van der Waals surface area (Å²) in [6.45, 7) is 6.17. The number of carbonyl (C=O) groups is 1. The number of hydrogen-bond donors (Lipinski definition) is 2. The Morgan fingerprint density at radius 3 is 2.53 bits per heavy atom. The molecule has 0 saturated carbocycles. The number of nitrogens with zero attached hydrogens (tertiary/aromatic N) is 2. The molecule has 0 aromatic carbocycles. The lowest BCUT2D eigenvalue weighted by Gasteiger charge is -2.35. The number of amides is 1. The van der Waals surface area contributed by atoms with E-state index >= 15 is 0 Å². The Labute approximate surface area is 109 Å². The van der Waals surface area contributed by atoms with Crippen LogP contribution in [0, 0.1) is 5.92 Å². The molecule has 5 nitrogen and oxygen atoms in total. The molecular weight excluding hydrogens is 242 g/mol. The largest absolute Gasteiger partial charge is 0.395 e. The van der Waals surface area contributed by atoms with Crippen LogP contribution in [0.5, 0.6) is 0 Å². The SMILES string of the molecule is Cl.O=C([C@@H]1CCNC1)N1CCN(CCO)CC1. The number of aliphatic hydroxyl groups excluding tert-OH is 1. The molecular formula is C11H22ClN3O2. The van der Waals surface area contributed by atoms with E-state index in [1.165, 1.54) is 0 Å². The molecule has 0 aliphatic carbocycles. The molecule has 2 rings (SSSR count). The van der Waals surface area contributed by atoms with Gasteiger partial charge in [-0.25, -0.2) is 0 Å². The molecule has 0 unspecified atom stereocenters. The fraction of sp³-hybridized carbons (Fsp3) is 0.909. The van der Waals surface area contributed by atoms with Crippen molar-refractivity contribution in [3.8, 4) is 0 Å². The number of rotatable bonds is 3. The lowest BCUT2D eigenvalue weighted by molar-refractivity contribution is -0.136. The summed E-state index contributed by atoms with van der Waals surface area (Å²) in [6.07, 6.45) is 0.982. The van der Waals surface area contributed by atoms with Gasteiger partial charge in [-0.3, -0.25) is 9.69 Å². The van der Waals surface area contributed by atoms with Crippen molar-refractivity contribution in [1.82, 2.24) is 15.1 Å². The fourth-order valence-corrected chi connectivity index (χ4v) is 2.46. The second-order valence-electron chi connectivity index (χ2n) is 4.58. The van der Waals surface area contributed by atoms with Gasteiger partial charge in [0.05, 0.1) is 12.5 Å². The van der Waals surface area contributed by atoms with E-state index in [9.17, 15) is 4.79 Å². The Morgan fingerprint density at radius 2 is 2.00 bits per heavy atom. The highest BCUT2D eigenvalue weighted by molar-refractivity contribution is 5.85. The molecule has 0 aromatic rings. The van der Waals surface area contributed by atoms with Crippen molar-refractivity contribution in [3.05, 3.63) is 0 Å². The van der Waals surface area contributed by atoms with Crippen LogP contribution in [-0.4, -0.2) is 73.2 Å². The molecule has 2 aliphatic rings. The molecule has 1 atom stereocenters. The normalized spacial score (nSPS) is 25.7. The maximum atomic E-state index is 12.1. The molecule has 0 bridgehead atoms. The predicted octanol–water partition coefficient (Wildman–Crippen LogP) is -0.846. The minimum atomic E-state index is 0. The topological polar surface area (TPSA) is 55.8 Å². The quantitative estimate of drug-likeness (QED) is 0.697. The van der Waals surface area contributed by atoms with Gasteiger partial charge in [-0.1, -0.05) is 0 Å². The van der Waals surface area contributed by atoms with Crippen molar-refractivity contribution in [2.75, 3.05) is 52.4 Å². The number of halogens is 1. The van der Waals surface area contributed by atoms with Crippen LogP contribution in [0.4, 0.5) is 0 Å². The third-order valence-corrected chi connectivity index (χ3v) is 3.51. The zero-order chi connectivity index (χ0) is 11.4. The van der Waals surface area contributed by atoms with Gasteiger partial charge in [-0.15, -0.1) is 12.4 Å². The van der Waals surface area contributed by atoms with Crippen LogP contribution in [0.1, 0.15) is 6.42 Å². The van der Waals surface area contributed by atoms with Crippen LogP contribution >= 0.6 is 12.4 Å². The summed E-state index contributed by atoms with van der Waals surface area (Å²) < 4.78 is 0. The van der Waals surface area contributed by atoms with E-state index in [2.05, 4.69) is 10.2 Å².